The third-order valence-corrected chi connectivity index (χ3v) is 4.93. The summed E-state index contributed by atoms with van der Waals surface area (Å²) < 4.78 is 11.0. The van der Waals surface area contributed by atoms with Crippen LogP contribution in [0, 0.1) is 6.92 Å². The van der Waals surface area contributed by atoms with Crippen molar-refractivity contribution < 1.29 is 8.94 Å². The Morgan fingerprint density at radius 1 is 1.25 bits per heavy atom. The van der Waals surface area contributed by atoms with Crippen molar-refractivity contribution in [2.24, 2.45) is 0 Å². The van der Waals surface area contributed by atoms with Gasteiger partial charge in [-0.1, -0.05) is 37.7 Å². The number of rotatable bonds is 5. The van der Waals surface area contributed by atoms with E-state index in [0.717, 1.165) is 10.7 Å². The summed E-state index contributed by atoms with van der Waals surface area (Å²) in [5.41, 5.74) is 0.799. The van der Waals surface area contributed by atoms with Crippen LogP contribution in [0.2, 0.25) is 0 Å². The van der Waals surface area contributed by atoms with E-state index in [1.54, 1.807) is 11.3 Å². The Kier molecular flexibility index (Phi) is 4.73. The molecule has 0 saturated carbocycles. The van der Waals surface area contributed by atoms with Crippen LogP contribution in [0.15, 0.2) is 19.5 Å². The second kappa shape index (κ2) is 6.64. The quantitative estimate of drug-likeness (QED) is 0.628. The summed E-state index contributed by atoms with van der Waals surface area (Å²) in [5.74, 6) is 1.80. The van der Waals surface area contributed by atoms with E-state index in [1.165, 1.54) is 11.8 Å². The molecule has 3 aromatic rings. The third-order valence-electron chi connectivity index (χ3n) is 3.19. The molecule has 0 fully saturated rings. The van der Waals surface area contributed by atoms with Gasteiger partial charge in [-0.15, -0.1) is 21.5 Å². The Labute approximate surface area is 148 Å². The van der Waals surface area contributed by atoms with E-state index in [1.807, 2.05) is 40.0 Å². The molecule has 9 heteroatoms. The van der Waals surface area contributed by atoms with Crippen LogP contribution >= 0.6 is 23.1 Å². The fraction of sp³-hybridized carbons (Fsp3) is 0.533. The molecule has 24 heavy (non-hydrogen) atoms. The molecule has 128 valence electrons. The lowest BCUT2D eigenvalue weighted by Crippen LogP contribution is -2.13. The molecule has 7 nitrogen and oxygen atoms in total. The van der Waals surface area contributed by atoms with Gasteiger partial charge in [0, 0.05) is 10.8 Å². The van der Waals surface area contributed by atoms with Crippen molar-refractivity contribution in [3.05, 3.63) is 33.7 Å². The average Bonchev–Trinajstić information content (AvgIpc) is 3.19. The molecule has 3 rings (SSSR count). The van der Waals surface area contributed by atoms with E-state index in [4.69, 9.17) is 8.94 Å². The molecule has 3 heterocycles. The Bertz CT molecular complexity index is 818. The fourth-order valence-corrected chi connectivity index (χ4v) is 3.25. The Morgan fingerprint density at radius 3 is 2.67 bits per heavy atom. The number of nitrogens with zero attached hydrogens (tertiary/aromatic N) is 5. The summed E-state index contributed by atoms with van der Waals surface area (Å²) >= 11 is 3.01. The number of thiazole rings is 1. The summed E-state index contributed by atoms with van der Waals surface area (Å²) in [4.78, 5) is 8.86. The summed E-state index contributed by atoms with van der Waals surface area (Å²) in [7, 11) is 0. The van der Waals surface area contributed by atoms with E-state index < -0.39 is 0 Å². The minimum atomic E-state index is -0.143. The predicted octanol–water partition coefficient (Wildman–Crippen LogP) is 3.96. The van der Waals surface area contributed by atoms with Crippen molar-refractivity contribution in [2.75, 3.05) is 0 Å². The van der Waals surface area contributed by atoms with Crippen LogP contribution in [0.3, 0.4) is 0 Å². The monoisotopic (exact) mass is 365 g/mol. The molecule has 0 amide bonds. The SMILES string of the molecule is Cc1nc(Cc2nnc(SC(C)c3nc(C(C)(C)C)no3)o2)cs1. The maximum atomic E-state index is 5.68. The molecule has 3 aromatic heterocycles. The average molecular weight is 365 g/mol. The van der Waals surface area contributed by atoms with Crippen LogP contribution in [0.5, 0.6) is 0 Å². The Hall–Kier alpha value is -1.74. The molecule has 0 bridgehead atoms. The molecular formula is C15H19N5O2S2. The fourth-order valence-electron chi connectivity index (χ4n) is 1.91. The lowest BCUT2D eigenvalue weighted by atomic mass is 9.96. The van der Waals surface area contributed by atoms with Gasteiger partial charge in [0.1, 0.15) is 0 Å². The second-order valence-corrected chi connectivity index (χ2v) is 8.82. The maximum Gasteiger partial charge on any atom is 0.277 e. The van der Waals surface area contributed by atoms with Crippen LogP contribution in [-0.4, -0.2) is 25.3 Å². The highest BCUT2D eigenvalue weighted by Gasteiger charge is 2.24. The first-order chi connectivity index (χ1) is 11.3. The van der Waals surface area contributed by atoms with Crippen LogP contribution in [0.25, 0.3) is 0 Å². The largest absolute Gasteiger partial charge is 0.416 e. The molecule has 0 N–H and O–H groups in total. The highest BCUT2D eigenvalue weighted by Crippen LogP contribution is 2.34. The van der Waals surface area contributed by atoms with Crippen molar-refractivity contribution in [3.63, 3.8) is 0 Å². The summed E-state index contributed by atoms with van der Waals surface area (Å²) in [6.07, 6.45) is 0.543. The maximum absolute atomic E-state index is 5.68. The number of aryl methyl sites for hydroxylation is 1. The van der Waals surface area contributed by atoms with E-state index >= 15 is 0 Å². The topological polar surface area (TPSA) is 90.7 Å². The minimum absolute atomic E-state index is 0.0663. The predicted molar refractivity (Wildman–Crippen MR) is 91.2 cm³/mol. The van der Waals surface area contributed by atoms with Gasteiger partial charge in [-0.3, -0.25) is 0 Å². The van der Waals surface area contributed by atoms with Crippen molar-refractivity contribution in [3.8, 4) is 0 Å². The third kappa shape index (κ3) is 4.02. The first-order valence-corrected chi connectivity index (χ1v) is 9.31. The molecule has 0 aliphatic rings. The van der Waals surface area contributed by atoms with Crippen molar-refractivity contribution in [2.45, 2.75) is 56.9 Å². The normalized spacial score (nSPS) is 13.4. The van der Waals surface area contributed by atoms with Gasteiger partial charge in [0.2, 0.25) is 11.8 Å². The van der Waals surface area contributed by atoms with Crippen molar-refractivity contribution in [1.82, 2.24) is 25.3 Å². The Morgan fingerprint density at radius 2 is 2.04 bits per heavy atom. The summed E-state index contributed by atoms with van der Waals surface area (Å²) in [6.45, 7) is 10.1. The number of hydrogen-bond donors (Lipinski definition) is 0. The number of thioether (sulfide) groups is 1. The number of aromatic nitrogens is 5. The lowest BCUT2D eigenvalue weighted by Gasteiger charge is -2.11. The molecule has 0 aliphatic carbocycles. The van der Waals surface area contributed by atoms with Crippen LogP contribution in [-0.2, 0) is 11.8 Å². The van der Waals surface area contributed by atoms with E-state index in [2.05, 4.69) is 25.3 Å². The van der Waals surface area contributed by atoms with Crippen molar-refractivity contribution >= 4 is 23.1 Å². The zero-order chi connectivity index (χ0) is 17.3. The minimum Gasteiger partial charge on any atom is -0.416 e. The van der Waals surface area contributed by atoms with Gasteiger partial charge in [0.05, 0.1) is 22.4 Å². The van der Waals surface area contributed by atoms with Gasteiger partial charge >= 0.3 is 0 Å². The Balaban J connectivity index is 1.64. The van der Waals surface area contributed by atoms with Gasteiger partial charge in [-0.2, -0.15) is 4.98 Å². The summed E-state index contributed by atoms with van der Waals surface area (Å²) in [5, 5.41) is 15.6. The van der Waals surface area contributed by atoms with Gasteiger partial charge < -0.3 is 8.94 Å². The molecule has 0 saturated heterocycles. The van der Waals surface area contributed by atoms with Gasteiger partial charge in [0.15, 0.2) is 5.82 Å². The molecular weight excluding hydrogens is 346 g/mol. The molecule has 1 atom stereocenters. The first kappa shape index (κ1) is 17.1. The molecule has 0 aromatic carbocycles. The van der Waals surface area contributed by atoms with Gasteiger partial charge in [-0.25, -0.2) is 4.98 Å². The van der Waals surface area contributed by atoms with Crippen molar-refractivity contribution in [1.29, 1.82) is 0 Å². The second-order valence-electron chi connectivity index (χ2n) is 6.46. The van der Waals surface area contributed by atoms with E-state index in [0.29, 0.717) is 29.2 Å². The highest BCUT2D eigenvalue weighted by molar-refractivity contribution is 7.99. The van der Waals surface area contributed by atoms with Crippen LogP contribution < -0.4 is 0 Å². The molecule has 0 spiro atoms. The smallest absolute Gasteiger partial charge is 0.277 e. The summed E-state index contributed by atoms with van der Waals surface area (Å²) in [6, 6.07) is 0. The standard InChI is InChI=1S/C15H19N5O2S2/c1-8(12-17-13(20-22-12)15(3,4)5)24-14-19-18-11(21-14)6-10-7-23-9(2)16-10/h7-8H,6H2,1-5H3. The zero-order valence-electron chi connectivity index (χ0n) is 14.2. The van der Waals surface area contributed by atoms with Gasteiger partial charge in [-0.05, 0) is 13.8 Å². The first-order valence-electron chi connectivity index (χ1n) is 7.55. The molecule has 0 aliphatic heterocycles. The van der Waals surface area contributed by atoms with Crippen LogP contribution in [0.1, 0.15) is 61.3 Å². The molecule has 0 radical (unpaired) electrons. The van der Waals surface area contributed by atoms with Gasteiger partial charge in [0.25, 0.3) is 5.22 Å². The zero-order valence-corrected chi connectivity index (χ0v) is 15.9. The molecule has 1 unspecified atom stereocenters. The van der Waals surface area contributed by atoms with Crippen LogP contribution in [0.4, 0.5) is 0 Å². The lowest BCUT2D eigenvalue weighted by molar-refractivity contribution is 0.363. The number of hydrogen-bond acceptors (Lipinski definition) is 9. The van der Waals surface area contributed by atoms with E-state index in [-0.39, 0.29) is 10.7 Å². The highest BCUT2D eigenvalue weighted by atomic mass is 32.2. The van der Waals surface area contributed by atoms with E-state index in [9.17, 15) is 0 Å².